The maximum Gasteiger partial charge on any atom is 0.240 e. The van der Waals surface area contributed by atoms with Crippen LogP contribution in [0, 0.1) is 23.0 Å². The highest BCUT2D eigenvalue weighted by Gasteiger charge is 2.17. The van der Waals surface area contributed by atoms with Crippen molar-refractivity contribution in [2.45, 2.75) is 11.4 Å². The van der Waals surface area contributed by atoms with Gasteiger partial charge in [0.2, 0.25) is 10.0 Å². The number of rotatable bonds is 4. The molecule has 0 aromatic heterocycles. The molecule has 2 rings (SSSR count). The topological polar surface area (TPSA) is 70.0 Å². The van der Waals surface area contributed by atoms with Crippen molar-refractivity contribution >= 4 is 21.6 Å². The average Bonchev–Trinajstić information content (AvgIpc) is 2.51. The van der Waals surface area contributed by atoms with Crippen LogP contribution in [0.25, 0.3) is 0 Å². The van der Waals surface area contributed by atoms with Crippen molar-refractivity contribution in [3.63, 3.8) is 0 Å². The SMILES string of the molecule is N#Cc1ccc(S(=O)(=O)NCc2c(F)ccc(F)c2Cl)cc1. The average molecular weight is 343 g/mol. The number of nitrogens with zero attached hydrogens (tertiary/aromatic N) is 1. The minimum Gasteiger partial charge on any atom is -0.207 e. The molecule has 0 aliphatic carbocycles. The second-order valence-electron chi connectivity index (χ2n) is 4.28. The lowest BCUT2D eigenvalue weighted by molar-refractivity contribution is 0.567. The van der Waals surface area contributed by atoms with Gasteiger partial charge < -0.3 is 0 Å². The predicted molar refractivity (Wildman–Crippen MR) is 76.6 cm³/mol. The molecule has 0 unspecified atom stereocenters. The lowest BCUT2D eigenvalue weighted by Gasteiger charge is -2.09. The summed E-state index contributed by atoms with van der Waals surface area (Å²) in [6.07, 6.45) is 0. The van der Waals surface area contributed by atoms with Crippen LogP contribution in [-0.4, -0.2) is 8.42 Å². The maximum atomic E-state index is 13.6. The fourth-order valence-electron chi connectivity index (χ4n) is 1.69. The van der Waals surface area contributed by atoms with Crippen LogP contribution in [0.4, 0.5) is 8.78 Å². The van der Waals surface area contributed by atoms with Gasteiger partial charge in [0.05, 0.1) is 21.6 Å². The Morgan fingerprint density at radius 2 is 1.68 bits per heavy atom. The summed E-state index contributed by atoms with van der Waals surface area (Å²) in [5, 5.41) is 8.19. The van der Waals surface area contributed by atoms with Crippen LogP contribution < -0.4 is 4.72 Å². The van der Waals surface area contributed by atoms with Gasteiger partial charge in [0.25, 0.3) is 0 Å². The highest BCUT2D eigenvalue weighted by Crippen LogP contribution is 2.23. The van der Waals surface area contributed by atoms with Gasteiger partial charge in [-0.15, -0.1) is 0 Å². The van der Waals surface area contributed by atoms with E-state index in [9.17, 15) is 17.2 Å². The van der Waals surface area contributed by atoms with E-state index in [0.29, 0.717) is 5.56 Å². The number of nitriles is 1. The van der Waals surface area contributed by atoms with Gasteiger partial charge in [-0.1, -0.05) is 11.6 Å². The lowest BCUT2D eigenvalue weighted by atomic mass is 10.2. The molecule has 0 spiro atoms. The molecule has 0 atom stereocenters. The molecule has 8 heteroatoms. The van der Waals surface area contributed by atoms with Gasteiger partial charge in [0, 0.05) is 12.1 Å². The van der Waals surface area contributed by atoms with Crippen molar-refractivity contribution in [2.24, 2.45) is 0 Å². The van der Waals surface area contributed by atoms with Crippen molar-refractivity contribution in [2.75, 3.05) is 0 Å². The Labute approximate surface area is 131 Å². The van der Waals surface area contributed by atoms with Gasteiger partial charge >= 0.3 is 0 Å². The summed E-state index contributed by atoms with van der Waals surface area (Å²) in [7, 11) is -3.94. The van der Waals surface area contributed by atoms with E-state index < -0.39 is 33.2 Å². The number of hydrogen-bond donors (Lipinski definition) is 1. The van der Waals surface area contributed by atoms with Crippen LogP contribution in [0.15, 0.2) is 41.3 Å². The summed E-state index contributed by atoms with van der Waals surface area (Å²) >= 11 is 5.63. The molecule has 0 amide bonds. The molecule has 0 aliphatic rings. The van der Waals surface area contributed by atoms with E-state index >= 15 is 0 Å². The van der Waals surface area contributed by atoms with Crippen LogP contribution in [0.5, 0.6) is 0 Å². The van der Waals surface area contributed by atoms with Gasteiger partial charge in [-0.3, -0.25) is 0 Å². The van der Waals surface area contributed by atoms with Crippen molar-refractivity contribution in [3.8, 4) is 6.07 Å². The first-order chi connectivity index (χ1) is 10.3. The van der Waals surface area contributed by atoms with E-state index in [0.717, 1.165) is 12.1 Å². The molecule has 0 aliphatic heterocycles. The first-order valence-electron chi connectivity index (χ1n) is 5.97. The van der Waals surface area contributed by atoms with Crippen LogP contribution in [0.1, 0.15) is 11.1 Å². The number of nitrogens with one attached hydrogen (secondary N) is 1. The third-order valence-corrected chi connectivity index (χ3v) is 4.70. The summed E-state index contributed by atoms with van der Waals surface area (Å²) in [5.74, 6) is -1.65. The van der Waals surface area contributed by atoms with Crippen molar-refractivity contribution in [3.05, 3.63) is 64.2 Å². The third kappa shape index (κ3) is 3.42. The maximum absolute atomic E-state index is 13.6. The Kier molecular flexibility index (Phi) is 4.76. The molecule has 0 bridgehead atoms. The van der Waals surface area contributed by atoms with Crippen LogP contribution in [0.3, 0.4) is 0 Å². The zero-order chi connectivity index (χ0) is 16.3. The molecule has 2 aromatic rings. The Morgan fingerprint density at radius 3 is 2.27 bits per heavy atom. The van der Waals surface area contributed by atoms with E-state index in [1.54, 1.807) is 0 Å². The standard InChI is InChI=1S/C14H9ClF2N2O2S/c15-14-11(12(16)5-6-13(14)17)8-19-22(20,21)10-3-1-9(7-18)2-4-10/h1-6,19H,8H2. The van der Waals surface area contributed by atoms with E-state index in [-0.39, 0.29) is 10.5 Å². The molecule has 4 nitrogen and oxygen atoms in total. The van der Waals surface area contributed by atoms with Crippen LogP contribution in [0.2, 0.25) is 5.02 Å². The molecule has 114 valence electrons. The van der Waals surface area contributed by atoms with Crippen molar-refractivity contribution in [1.29, 1.82) is 5.26 Å². The van der Waals surface area contributed by atoms with Crippen molar-refractivity contribution in [1.82, 2.24) is 4.72 Å². The number of sulfonamides is 1. The summed E-state index contributed by atoms with van der Waals surface area (Å²) in [6, 6.07) is 8.74. The molecule has 22 heavy (non-hydrogen) atoms. The second-order valence-corrected chi connectivity index (χ2v) is 6.43. The van der Waals surface area contributed by atoms with Gasteiger partial charge in [-0.25, -0.2) is 21.9 Å². The highest BCUT2D eigenvalue weighted by molar-refractivity contribution is 7.89. The molecule has 2 aromatic carbocycles. The number of halogens is 3. The van der Waals surface area contributed by atoms with Gasteiger partial charge in [-0.2, -0.15) is 5.26 Å². The minimum atomic E-state index is -3.94. The fourth-order valence-corrected chi connectivity index (χ4v) is 2.91. The van der Waals surface area contributed by atoms with Crippen LogP contribution in [-0.2, 0) is 16.6 Å². The van der Waals surface area contributed by atoms with Gasteiger partial charge in [0.1, 0.15) is 11.6 Å². The molecule has 0 radical (unpaired) electrons. The zero-order valence-corrected chi connectivity index (χ0v) is 12.5. The summed E-state index contributed by atoms with van der Waals surface area (Å²) in [4.78, 5) is -0.0977. The minimum absolute atomic E-state index is 0.0977. The smallest absolute Gasteiger partial charge is 0.207 e. The molecule has 0 heterocycles. The Hall–Kier alpha value is -2.01. The van der Waals surface area contributed by atoms with E-state index in [2.05, 4.69) is 4.72 Å². The summed E-state index contributed by atoms with van der Waals surface area (Å²) in [6.45, 7) is -0.495. The van der Waals surface area contributed by atoms with E-state index in [1.165, 1.54) is 24.3 Å². The normalized spacial score (nSPS) is 11.2. The van der Waals surface area contributed by atoms with E-state index in [4.69, 9.17) is 16.9 Å². The summed E-state index contributed by atoms with van der Waals surface area (Å²) in [5.41, 5.74) is 0.0251. The second kappa shape index (κ2) is 6.40. The number of benzene rings is 2. The highest BCUT2D eigenvalue weighted by atomic mass is 35.5. The first-order valence-corrected chi connectivity index (χ1v) is 7.83. The van der Waals surface area contributed by atoms with Crippen LogP contribution >= 0.6 is 11.6 Å². The molecule has 1 N–H and O–H groups in total. The Bertz CT molecular complexity index is 846. The predicted octanol–water partition coefficient (Wildman–Crippen LogP) is 2.97. The molecule has 0 fully saturated rings. The Morgan fingerprint density at radius 1 is 1.09 bits per heavy atom. The van der Waals surface area contributed by atoms with Gasteiger partial charge in [0.15, 0.2) is 0 Å². The first kappa shape index (κ1) is 16.4. The van der Waals surface area contributed by atoms with Crippen molar-refractivity contribution < 1.29 is 17.2 Å². The molecular weight excluding hydrogens is 334 g/mol. The fraction of sp³-hybridized carbons (Fsp3) is 0.0714. The van der Waals surface area contributed by atoms with Gasteiger partial charge in [-0.05, 0) is 36.4 Å². The molecule has 0 saturated heterocycles. The summed E-state index contributed by atoms with van der Waals surface area (Å²) < 4.78 is 53.1. The molecule has 0 saturated carbocycles. The number of hydrogen-bond acceptors (Lipinski definition) is 3. The lowest BCUT2D eigenvalue weighted by Crippen LogP contribution is -2.24. The monoisotopic (exact) mass is 342 g/mol. The molecular formula is C14H9ClF2N2O2S. The van der Waals surface area contributed by atoms with E-state index in [1.807, 2.05) is 6.07 Å². The largest absolute Gasteiger partial charge is 0.240 e. The Balaban J connectivity index is 2.23. The zero-order valence-electron chi connectivity index (χ0n) is 11.0. The quantitative estimate of drug-likeness (QED) is 0.868. The third-order valence-electron chi connectivity index (χ3n) is 2.87.